The van der Waals surface area contributed by atoms with Crippen LogP contribution in [0.25, 0.3) is 0 Å². The summed E-state index contributed by atoms with van der Waals surface area (Å²) in [6.07, 6.45) is 1.22. The van der Waals surface area contributed by atoms with Gasteiger partial charge in [-0.05, 0) is 12.8 Å². The molecule has 4 heteroatoms. The molecule has 1 rings (SSSR count). The van der Waals surface area contributed by atoms with E-state index in [4.69, 9.17) is 10.8 Å². The molecule has 1 amide bonds. The molecule has 0 bridgehead atoms. The van der Waals surface area contributed by atoms with Crippen LogP contribution in [-0.2, 0) is 9.59 Å². The van der Waals surface area contributed by atoms with Crippen molar-refractivity contribution in [2.45, 2.75) is 12.8 Å². The van der Waals surface area contributed by atoms with Crippen LogP contribution in [0.5, 0.6) is 0 Å². The summed E-state index contributed by atoms with van der Waals surface area (Å²) in [4.78, 5) is 20.7. The number of nitrogens with two attached hydrogens (primary N) is 1. The zero-order chi connectivity index (χ0) is 7.72. The topological polar surface area (TPSA) is 80.4 Å². The summed E-state index contributed by atoms with van der Waals surface area (Å²) in [6, 6.07) is 0. The average molecular weight is 143 g/mol. The number of carboxylic acid groups (broad SMARTS) is 1. The zero-order valence-corrected chi connectivity index (χ0v) is 5.41. The van der Waals surface area contributed by atoms with Crippen molar-refractivity contribution in [2.24, 2.45) is 17.6 Å². The fourth-order valence-electron chi connectivity index (χ4n) is 1.14. The number of hydrogen-bond acceptors (Lipinski definition) is 2. The first-order chi connectivity index (χ1) is 4.63. The van der Waals surface area contributed by atoms with Gasteiger partial charge in [0.15, 0.2) is 0 Å². The SMILES string of the molecule is NC(=O)[C@H]1CC[C@@H]1C(=O)O. The summed E-state index contributed by atoms with van der Waals surface area (Å²) in [7, 11) is 0. The molecule has 0 radical (unpaired) electrons. The third-order valence-electron chi connectivity index (χ3n) is 1.96. The molecule has 2 atom stereocenters. The molecule has 56 valence electrons. The summed E-state index contributed by atoms with van der Waals surface area (Å²) >= 11 is 0. The smallest absolute Gasteiger partial charge is 0.307 e. The molecular weight excluding hydrogens is 134 g/mol. The summed E-state index contributed by atoms with van der Waals surface area (Å²) in [5.41, 5.74) is 4.92. The number of primary amides is 1. The van der Waals surface area contributed by atoms with Gasteiger partial charge in [0.2, 0.25) is 5.91 Å². The van der Waals surface area contributed by atoms with Crippen LogP contribution in [0.2, 0.25) is 0 Å². The Labute approximate surface area is 58.0 Å². The zero-order valence-electron chi connectivity index (χ0n) is 5.41. The van der Waals surface area contributed by atoms with E-state index in [1.165, 1.54) is 0 Å². The third-order valence-corrected chi connectivity index (χ3v) is 1.96. The predicted molar refractivity (Wildman–Crippen MR) is 33.0 cm³/mol. The molecule has 3 N–H and O–H groups in total. The quantitative estimate of drug-likeness (QED) is 0.551. The van der Waals surface area contributed by atoms with Crippen molar-refractivity contribution in [1.82, 2.24) is 0 Å². The third kappa shape index (κ3) is 0.964. The number of carbonyl (C=O) groups excluding carboxylic acids is 1. The number of aliphatic carboxylic acids is 1. The molecular formula is C6H9NO3. The molecule has 1 aliphatic carbocycles. The Morgan fingerprint density at radius 1 is 1.30 bits per heavy atom. The molecule has 0 spiro atoms. The van der Waals surface area contributed by atoms with Crippen LogP contribution in [0.1, 0.15) is 12.8 Å². The van der Waals surface area contributed by atoms with Gasteiger partial charge in [0, 0.05) is 0 Å². The van der Waals surface area contributed by atoms with Crippen LogP contribution >= 0.6 is 0 Å². The van der Waals surface area contributed by atoms with E-state index < -0.39 is 23.7 Å². The van der Waals surface area contributed by atoms with Crippen LogP contribution in [0.4, 0.5) is 0 Å². The molecule has 0 aromatic heterocycles. The molecule has 0 unspecified atom stereocenters. The Bertz CT molecular complexity index is 158. The van der Waals surface area contributed by atoms with Crippen molar-refractivity contribution < 1.29 is 14.7 Å². The van der Waals surface area contributed by atoms with Crippen molar-refractivity contribution in [3.8, 4) is 0 Å². The first-order valence-corrected chi connectivity index (χ1v) is 3.15. The highest BCUT2D eigenvalue weighted by Gasteiger charge is 2.40. The number of amides is 1. The lowest BCUT2D eigenvalue weighted by atomic mass is 9.73. The van der Waals surface area contributed by atoms with Gasteiger partial charge >= 0.3 is 5.97 Å². The van der Waals surface area contributed by atoms with E-state index in [-0.39, 0.29) is 0 Å². The molecule has 0 aliphatic heterocycles. The maximum atomic E-state index is 10.5. The Morgan fingerprint density at radius 3 is 1.90 bits per heavy atom. The molecule has 0 aromatic carbocycles. The minimum atomic E-state index is -0.907. The summed E-state index contributed by atoms with van der Waals surface area (Å²) in [5, 5.41) is 8.44. The van der Waals surface area contributed by atoms with Gasteiger partial charge in [0.1, 0.15) is 0 Å². The van der Waals surface area contributed by atoms with Gasteiger partial charge in [-0.3, -0.25) is 9.59 Å². The first-order valence-electron chi connectivity index (χ1n) is 3.15. The molecule has 10 heavy (non-hydrogen) atoms. The van der Waals surface area contributed by atoms with Crippen molar-refractivity contribution in [3.63, 3.8) is 0 Å². The highest BCUT2D eigenvalue weighted by molar-refractivity contribution is 5.85. The lowest BCUT2D eigenvalue weighted by Gasteiger charge is -2.30. The van der Waals surface area contributed by atoms with Gasteiger partial charge in [0.05, 0.1) is 11.8 Å². The van der Waals surface area contributed by atoms with Crippen LogP contribution in [0.15, 0.2) is 0 Å². The largest absolute Gasteiger partial charge is 0.481 e. The van der Waals surface area contributed by atoms with Crippen LogP contribution in [-0.4, -0.2) is 17.0 Å². The van der Waals surface area contributed by atoms with Gasteiger partial charge in [-0.2, -0.15) is 0 Å². The predicted octanol–water partition coefficient (Wildman–Crippen LogP) is -0.418. The van der Waals surface area contributed by atoms with E-state index in [0.717, 1.165) is 0 Å². The van der Waals surface area contributed by atoms with E-state index in [2.05, 4.69) is 0 Å². The van der Waals surface area contributed by atoms with E-state index in [0.29, 0.717) is 12.8 Å². The normalized spacial score (nSPS) is 30.8. The fraction of sp³-hybridized carbons (Fsp3) is 0.667. The molecule has 4 nitrogen and oxygen atoms in total. The van der Waals surface area contributed by atoms with Crippen molar-refractivity contribution in [1.29, 1.82) is 0 Å². The first kappa shape index (κ1) is 7.05. The number of hydrogen-bond donors (Lipinski definition) is 2. The van der Waals surface area contributed by atoms with Crippen LogP contribution < -0.4 is 5.73 Å². The Balaban J connectivity index is 2.51. The van der Waals surface area contributed by atoms with Crippen molar-refractivity contribution >= 4 is 11.9 Å². The Hall–Kier alpha value is -1.06. The summed E-state index contributed by atoms with van der Waals surface area (Å²) < 4.78 is 0. The maximum absolute atomic E-state index is 10.5. The standard InChI is InChI=1S/C6H9NO3/c7-5(8)3-1-2-4(3)6(9)10/h3-4H,1-2H2,(H2,7,8)(H,9,10)/t3-,4-/m0/s1. The lowest BCUT2D eigenvalue weighted by molar-refractivity contribution is -0.151. The minimum absolute atomic E-state index is 0.419. The number of carbonyl (C=O) groups is 2. The monoisotopic (exact) mass is 143 g/mol. The fourth-order valence-corrected chi connectivity index (χ4v) is 1.14. The van der Waals surface area contributed by atoms with Gasteiger partial charge < -0.3 is 10.8 Å². The number of carboxylic acids is 1. The van der Waals surface area contributed by atoms with E-state index >= 15 is 0 Å². The minimum Gasteiger partial charge on any atom is -0.481 e. The summed E-state index contributed by atoms with van der Waals surface area (Å²) in [6.45, 7) is 0. The molecule has 0 heterocycles. The second-order valence-electron chi connectivity index (χ2n) is 2.53. The van der Waals surface area contributed by atoms with Crippen molar-refractivity contribution in [3.05, 3.63) is 0 Å². The molecule has 0 saturated heterocycles. The van der Waals surface area contributed by atoms with Gasteiger partial charge in [-0.25, -0.2) is 0 Å². The number of rotatable bonds is 2. The second-order valence-corrected chi connectivity index (χ2v) is 2.53. The highest BCUT2D eigenvalue weighted by Crippen LogP contribution is 2.33. The van der Waals surface area contributed by atoms with Crippen LogP contribution in [0, 0.1) is 11.8 Å². The van der Waals surface area contributed by atoms with Gasteiger partial charge in [0.25, 0.3) is 0 Å². The lowest BCUT2D eigenvalue weighted by Crippen LogP contribution is -2.41. The van der Waals surface area contributed by atoms with E-state index in [9.17, 15) is 9.59 Å². The molecule has 1 fully saturated rings. The molecule has 0 aromatic rings. The second kappa shape index (κ2) is 2.28. The summed E-state index contributed by atoms with van der Waals surface area (Å²) in [5.74, 6) is -2.33. The van der Waals surface area contributed by atoms with Gasteiger partial charge in [-0.1, -0.05) is 0 Å². The average Bonchev–Trinajstić information content (AvgIpc) is 1.56. The van der Waals surface area contributed by atoms with E-state index in [1.807, 2.05) is 0 Å². The van der Waals surface area contributed by atoms with Crippen LogP contribution in [0.3, 0.4) is 0 Å². The molecule has 1 aliphatic rings. The maximum Gasteiger partial charge on any atom is 0.307 e. The van der Waals surface area contributed by atoms with Gasteiger partial charge in [-0.15, -0.1) is 0 Å². The molecule has 1 saturated carbocycles. The highest BCUT2D eigenvalue weighted by atomic mass is 16.4. The van der Waals surface area contributed by atoms with E-state index in [1.54, 1.807) is 0 Å². The Morgan fingerprint density at radius 2 is 1.80 bits per heavy atom. The van der Waals surface area contributed by atoms with Crippen molar-refractivity contribution in [2.75, 3.05) is 0 Å². The Kier molecular flexibility index (Phi) is 1.61.